The van der Waals surface area contributed by atoms with Gasteiger partial charge in [-0.3, -0.25) is 0 Å². The number of anilines is 1. The zero-order chi connectivity index (χ0) is 43.4. The van der Waals surface area contributed by atoms with Crippen LogP contribution in [-0.2, 0) is 20.6 Å². The van der Waals surface area contributed by atoms with Gasteiger partial charge in [-0.1, -0.05) is 152 Å². The van der Waals surface area contributed by atoms with Crippen LogP contribution in [-0.4, -0.2) is 52.2 Å². The molecule has 3 atom stereocenters. The molecule has 0 unspecified atom stereocenters. The first kappa shape index (κ1) is 41.4. The van der Waals surface area contributed by atoms with E-state index >= 15 is 0 Å². The zero-order valence-electron chi connectivity index (χ0n) is 34.8. The molecular formula is C53H45ClN4O5. The first-order valence-electron chi connectivity index (χ1n) is 20.6. The predicted octanol–water partition coefficient (Wildman–Crippen LogP) is 10.2. The highest BCUT2D eigenvalue weighted by Crippen LogP contribution is 2.49. The molecule has 0 bridgehead atoms. The molecule has 1 fully saturated rings. The summed E-state index contributed by atoms with van der Waals surface area (Å²) in [6, 6.07) is 58.2. The molecular weight excluding hydrogens is 808 g/mol. The van der Waals surface area contributed by atoms with Crippen molar-refractivity contribution in [2.75, 3.05) is 26.1 Å². The second kappa shape index (κ2) is 17.4. The summed E-state index contributed by atoms with van der Waals surface area (Å²) >= 11 is 6.88. The van der Waals surface area contributed by atoms with Gasteiger partial charge in [0.25, 0.3) is 0 Å². The van der Waals surface area contributed by atoms with Crippen LogP contribution in [0.1, 0.15) is 46.0 Å². The van der Waals surface area contributed by atoms with Crippen LogP contribution in [0.25, 0.3) is 11.0 Å². The standard InChI is InChI=1S/C53H45ClN4O5/c1-4-51(36-59)46(62-53(40-21-13-7-14-22-40,41-23-15-8-16-24-41)42-27-31-44(61-3)32-28-42)35-47(63-51)58-34-33-45-48(55-50(54)56-49(45)58)57-52(37-17-9-5-10-18-37,38-19-11-6-12-20-38)39-25-29-43(60-2)30-26-39/h1,5-34,46-47,59H,35-36H2,2-3H3,(H,55,56,57)/t46-,47+,51+/m0/s1. The Hall–Kier alpha value is -6.93. The fourth-order valence-corrected chi connectivity index (χ4v) is 9.06. The molecule has 314 valence electrons. The molecule has 0 aliphatic carbocycles. The predicted molar refractivity (Wildman–Crippen MR) is 246 cm³/mol. The highest BCUT2D eigenvalue weighted by Gasteiger charge is 2.54. The van der Waals surface area contributed by atoms with E-state index in [-0.39, 0.29) is 11.7 Å². The minimum Gasteiger partial charge on any atom is -0.497 e. The number of fused-ring (bicyclic) bond motifs is 1. The fourth-order valence-electron chi connectivity index (χ4n) is 8.90. The maximum atomic E-state index is 11.2. The Kier molecular flexibility index (Phi) is 11.5. The van der Waals surface area contributed by atoms with Gasteiger partial charge in [-0.25, -0.2) is 4.98 Å². The van der Waals surface area contributed by atoms with Crippen molar-refractivity contribution in [2.24, 2.45) is 0 Å². The topological polar surface area (TPSA) is 99.9 Å². The van der Waals surface area contributed by atoms with E-state index in [0.29, 0.717) is 22.6 Å². The molecule has 8 aromatic rings. The van der Waals surface area contributed by atoms with Crippen molar-refractivity contribution in [2.45, 2.75) is 35.5 Å². The lowest BCUT2D eigenvalue weighted by molar-refractivity contribution is -0.133. The summed E-state index contributed by atoms with van der Waals surface area (Å²) in [6.45, 7) is -0.507. The van der Waals surface area contributed by atoms with Gasteiger partial charge >= 0.3 is 0 Å². The second-order valence-electron chi connectivity index (χ2n) is 15.4. The third-order valence-electron chi connectivity index (χ3n) is 12.0. The zero-order valence-corrected chi connectivity index (χ0v) is 35.5. The van der Waals surface area contributed by atoms with Crippen LogP contribution in [0.2, 0.25) is 5.28 Å². The summed E-state index contributed by atoms with van der Waals surface area (Å²) in [4.78, 5) is 9.62. The van der Waals surface area contributed by atoms with Crippen LogP contribution in [0.5, 0.6) is 11.5 Å². The molecule has 1 aliphatic heterocycles. The molecule has 1 aliphatic rings. The van der Waals surface area contributed by atoms with E-state index in [9.17, 15) is 5.11 Å². The molecule has 3 heterocycles. The molecule has 0 saturated carbocycles. The van der Waals surface area contributed by atoms with E-state index in [2.05, 4.69) is 47.6 Å². The van der Waals surface area contributed by atoms with Crippen molar-refractivity contribution in [1.82, 2.24) is 14.5 Å². The second-order valence-corrected chi connectivity index (χ2v) is 15.7. The normalized spacial score (nSPS) is 17.6. The van der Waals surface area contributed by atoms with Crippen molar-refractivity contribution >= 4 is 28.5 Å². The molecule has 9 nitrogen and oxygen atoms in total. The maximum Gasteiger partial charge on any atom is 0.226 e. The van der Waals surface area contributed by atoms with E-state index in [1.165, 1.54) is 0 Å². The lowest BCUT2D eigenvalue weighted by Crippen LogP contribution is -2.48. The van der Waals surface area contributed by atoms with Crippen LogP contribution in [0.15, 0.2) is 182 Å². The van der Waals surface area contributed by atoms with Crippen LogP contribution < -0.4 is 14.8 Å². The van der Waals surface area contributed by atoms with Gasteiger partial charge in [0.1, 0.15) is 46.4 Å². The van der Waals surface area contributed by atoms with Crippen molar-refractivity contribution in [1.29, 1.82) is 0 Å². The number of hydrogen-bond acceptors (Lipinski definition) is 8. The average molecular weight is 853 g/mol. The summed E-state index contributed by atoms with van der Waals surface area (Å²) in [5, 5.41) is 15.8. The Morgan fingerprint density at radius 1 is 0.698 bits per heavy atom. The van der Waals surface area contributed by atoms with Gasteiger partial charge in [0, 0.05) is 12.6 Å². The van der Waals surface area contributed by atoms with Crippen molar-refractivity contribution < 1.29 is 24.1 Å². The van der Waals surface area contributed by atoms with Gasteiger partial charge in [0.15, 0.2) is 5.60 Å². The Labute approximate surface area is 371 Å². The number of ether oxygens (including phenoxy) is 4. The molecule has 0 radical (unpaired) electrons. The molecule has 0 amide bonds. The number of aliphatic hydroxyl groups excluding tert-OH is 1. The van der Waals surface area contributed by atoms with E-state index in [0.717, 1.165) is 39.1 Å². The quantitative estimate of drug-likeness (QED) is 0.0634. The monoisotopic (exact) mass is 852 g/mol. The summed E-state index contributed by atoms with van der Waals surface area (Å²) in [7, 11) is 3.29. The van der Waals surface area contributed by atoms with E-state index in [1.54, 1.807) is 14.2 Å². The van der Waals surface area contributed by atoms with Crippen molar-refractivity contribution in [3.63, 3.8) is 0 Å². The molecule has 9 rings (SSSR count). The van der Waals surface area contributed by atoms with Gasteiger partial charge in [-0.05, 0) is 75.3 Å². The van der Waals surface area contributed by atoms with Gasteiger partial charge in [-0.15, -0.1) is 6.42 Å². The van der Waals surface area contributed by atoms with Crippen molar-refractivity contribution in [3.8, 4) is 23.8 Å². The number of aliphatic hydroxyl groups is 1. The highest BCUT2D eigenvalue weighted by atomic mass is 35.5. The minimum atomic E-state index is -1.55. The Morgan fingerprint density at radius 3 is 1.63 bits per heavy atom. The highest BCUT2D eigenvalue weighted by molar-refractivity contribution is 6.28. The largest absolute Gasteiger partial charge is 0.497 e. The van der Waals surface area contributed by atoms with Gasteiger partial charge in [0.2, 0.25) is 5.28 Å². The van der Waals surface area contributed by atoms with Crippen LogP contribution >= 0.6 is 11.6 Å². The van der Waals surface area contributed by atoms with E-state index < -0.39 is 35.7 Å². The number of terminal acetylenes is 1. The SMILES string of the molecule is C#C[C@]1(CO)O[C@@H](n2ccc3c(NC(c4ccccc4)(c4ccccc4)c4ccc(OC)cc4)nc(Cl)nc32)C[C@@H]1OC(c1ccccc1)(c1ccccc1)c1ccc(OC)cc1. The Morgan fingerprint density at radius 2 is 1.16 bits per heavy atom. The van der Waals surface area contributed by atoms with Gasteiger partial charge in [-0.2, -0.15) is 4.98 Å². The lowest BCUT2D eigenvalue weighted by Gasteiger charge is -2.40. The summed E-state index contributed by atoms with van der Waals surface area (Å²) < 4.78 is 27.3. The molecule has 10 heteroatoms. The number of methoxy groups -OCH3 is 2. The minimum absolute atomic E-state index is 0.0255. The van der Waals surface area contributed by atoms with E-state index in [4.69, 9.17) is 46.9 Å². The molecule has 1 saturated heterocycles. The molecule has 2 aromatic heterocycles. The van der Waals surface area contributed by atoms with Gasteiger partial charge in [0.05, 0.1) is 26.2 Å². The number of nitrogens with one attached hydrogen (secondary N) is 1. The Bertz CT molecular complexity index is 2760. The van der Waals surface area contributed by atoms with Crippen LogP contribution in [0.3, 0.4) is 0 Å². The third-order valence-corrected chi connectivity index (χ3v) is 12.2. The molecule has 63 heavy (non-hydrogen) atoms. The molecule has 2 N–H and O–H groups in total. The smallest absolute Gasteiger partial charge is 0.226 e. The van der Waals surface area contributed by atoms with Crippen molar-refractivity contribution in [3.05, 3.63) is 221 Å². The fraction of sp³-hybridized carbons (Fsp3) is 0.170. The summed E-state index contributed by atoms with van der Waals surface area (Å²) in [5.41, 5.74) is 2.29. The number of aromatic nitrogens is 3. The molecule has 0 spiro atoms. The van der Waals surface area contributed by atoms with Crippen LogP contribution in [0.4, 0.5) is 5.82 Å². The summed E-state index contributed by atoms with van der Waals surface area (Å²) in [5.74, 6) is 4.75. The lowest BCUT2D eigenvalue weighted by atomic mass is 9.77. The third kappa shape index (κ3) is 7.37. The number of hydrogen-bond donors (Lipinski definition) is 2. The van der Waals surface area contributed by atoms with E-state index in [1.807, 2.05) is 150 Å². The number of rotatable bonds is 14. The number of halogens is 1. The molecule has 6 aromatic carbocycles. The maximum absolute atomic E-state index is 11.2. The summed E-state index contributed by atoms with van der Waals surface area (Å²) in [6.07, 6.45) is 6.94. The first-order chi connectivity index (χ1) is 30.9. The van der Waals surface area contributed by atoms with Gasteiger partial charge < -0.3 is 33.9 Å². The van der Waals surface area contributed by atoms with Crippen LogP contribution in [0, 0.1) is 12.3 Å². The first-order valence-corrected chi connectivity index (χ1v) is 21.0. The Balaban J connectivity index is 1.16. The number of nitrogens with zero attached hydrogens (tertiary/aromatic N) is 3. The number of benzene rings is 6. The average Bonchev–Trinajstić information content (AvgIpc) is 3.95.